The number of hydrogen-bond acceptors (Lipinski definition) is 2. The Kier molecular flexibility index (Phi) is 3.34. The van der Waals surface area contributed by atoms with Gasteiger partial charge in [-0.05, 0) is 23.6 Å². The maximum absolute atomic E-state index is 11.5. The molecule has 0 heterocycles. The second-order valence-electron chi connectivity index (χ2n) is 4.42. The van der Waals surface area contributed by atoms with Gasteiger partial charge in [0.1, 0.15) is 0 Å². The van der Waals surface area contributed by atoms with Crippen molar-refractivity contribution in [2.75, 3.05) is 7.11 Å². The lowest BCUT2D eigenvalue weighted by atomic mass is 9.81. The maximum Gasteiger partial charge on any atom is 0.340 e. The van der Waals surface area contributed by atoms with Crippen LogP contribution in [0.5, 0.6) is 0 Å². The van der Waals surface area contributed by atoms with Crippen molar-refractivity contribution >= 4 is 11.5 Å². The van der Waals surface area contributed by atoms with Crippen LogP contribution in [0.4, 0.5) is 0 Å². The number of benzene rings is 1. The third-order valence-corrected chi connectivity index (χ3v) is 3.45. The van der Waals surface area contributed by atoms with Crippen molar-refractivity contribution in [3.63, 3.8) is 0 Å². The van der Waals surface area contributed by atoms with Crippen molar-refractivity contribution in [3.8, 4) is 0 Å². The van der Waals surface area contributed by atoms with Crippen molar-refractivity contribution in [1.29, 1.82) is 0 Å². The van der Waals surface area contributed by atoms with Gasteiger partial charge in [0.15, 0.2) is 5.60 Å². The summed E-state index contributed by atoms with van der Waals surface area (Å²) in [6.45, 7) is 1.79. The highest BCUT2D eigenvalue weighted by Gasteiger charge is 2.42. The Bertz CT molecular complexity index is 514. The second-order valence-corrected chi connectivity index (χ2v) is 4.42. The molecular formula is C15H16O3. The quantitative estimate of drug-likeness (QED) is 0.889. The average Bonchev–Trinajstić information content (AvgIpc) is 2.40. The molecule has 2 rings (SSSR count). The average molecular weight is 244 g/mol. The molecule has 0 fully saturated rings. The molecule has 1 atom stereocenters. The third-order valence-electron chi connectivity index (χ3n) is 3.45. The van der Waals surface area contributed by atoms with Gasteiger partial charge in [0.05, 0.1) is 0 Å². The van der Waals surface area contributed by atoms with Crippen LogP contribution in [0.3, 0.4) is 0 Å². The fraction of sp³-hybridized carbons (Fsp3) is 0.267. The van der Waals surface area contributed by atoms with Gasteiger partial charge in [-0.3, -0.25) is 0 Å². The first-order chi connectivity index (χ1) is 8.60. The first-order valence-corrected chi connectivity index (χ1v) is 5.82. The summed E-state index contributed by atoms with van der Waals surface area (Å²) in [5.41, 5.74) is 1.49. The van der Waals surface area contributed by atoms with Crippen LogP contribution in [0.1, 0.15) is 18.9 Å². The zero-order valence-electron chi connectivity index (χ0n) is 10.5. The van der Waals surface area contributed by atoms with Crippen LogP contribution in [0.15, 0.2) is 48.1 Å². The highest BCUT2D eigenvalue weighted by atomic mass is 16.5. The Morgan fingerprint density at radius 2 is 1.94 bits per heavy atom. The van der Waals surface area contributed by atoms with Crippen molar-refractivity contribution < 1.29 is 14.6 Å². The Labute approximate surface area is 106 Å². The van der Waals surface area contributed by atoms with Crippen molar-refractivity contribution in [2.45, 2.75) is 18.9 Å². The summed E-state index contributed by atoms with van der Waals surface area (Å²) in [5, 5.41) is 9.43. The minimum absolute atomic E-state index is 0.352. The Hall–Kier alpha value is -1.87. The molecule has 1 aliphatic rings. The molecule has 3 nitrogen and oxygen atoms in total. The lowest BCUT2D eigenvalue weighted by molar-refractivity contribution is -0.157. The van der Waals surface area contributed by atoms with E-state index in [0.717, 1.165) is 16.7 Å². The Morgan fingerprint density at radius 3 is 2.50 bits per heavy atom. The number of ether oxygens (including phenoxy) is 1. The number of aliphatic carboxylic acids is 1. The summed E-state index contributed by atoms with van der Waals surface area (Å²) in [6.07, 6.45) is 4.14. The molecule has 0 amide bonds. The number of methoxy groups -OCH3 is 1. The van der Waals surface area contributed by atoms with E-state index in [1.165, 1.54) is 7.11 Å². The maximum atomic E-state index is 11.5. The fourth-order valence-corrected chi connectivity index (χ4v) is 2.24. The lowest BCUT2D eigenvalue weighted by Crippen LogP contribution is -2.43. The number of carboxylic acids is 1. The van der Waals surface area contributed by atoms with Crippen LogP contribution in [-0.4, -0.2) is 23.8 Å². The summed E-state index contributed by atoms with van der Waals surface area (Å²) >= 11 is 0. The van der Waals surface area contributed by atoms with E-state index >= 15 is 0 Å². The van der Waals surface area contributed by atoms with Gasteiger partial charge in [0.2, 0.25) is 0 Å². The van der Waals surface area contributed by atoms with E-state index in [4.69, 9.17) is 4.74 Å². The summed E-state index contributed by atoms with van der Waals surface area (Å²) in [6, 6.07) is 9.77. The minimum Gasteiger partial charge on any atom is -0.479 e. The van der Waals surface area contributed by atoms with Crippen LogP contribution < -0.4 is 0 Å². The van der Waals surface area contributed by atoms with Gasteiger partial charge >= 0.3 is 5.97 Å². The molecule has 3 heteroatoms. The molecule has 1 N–H and O–H groups in total. The number of rotatable bonds is 3. The van der Waals surface area contributed by atoms with E-state index in [1.54, 1.807) is 6.92 Å². The van der Waals surface area contributed by atoms with Crippen LogP contribution in [0.25, 0.3) is 5.57 Å². The van der Waals surface area contributed by atoms with Gasteiger partial charge in [-0.15, -0.1) is 0 Å². The smallest absolute Gasteiger partial charge is 0.340 e. The molecule has 0 aromatic heterocycles. The Morgan fingerprint density at radius 1 is 1.28 bits per heavy atom. The van der Waals surface area contributed by atoms with Gasteiger partial charge in [0, 0.05) is 13.5 Å². The van der Waals surface area contributed by atoms with Crippen LogP contribution in [-0.2, 0) is 9.53 Å². The summed E-state index contributed by atoms with van der Waals surface area (Å²) in [4.78, 5) is 11.5. The molecule has 1 aromatic rings. The molecule has 0 bridgehead atoms. The highest BCUT2D eigenvalue weighted by Crippen LogP contribution is 2.36. The first-order valence-electron chi connectivity index (χ1n) is 5.82. The largest absolute Gasteiger partial charge is 0.479 e. The van der Waals surface area contributed by atoms with Gasteiger partial charge in [-0.2, -0.15) is 0 Å². The van der Waals surface area contributed by atoms with Crippen LogP contribution >= 0.6 is 0 Å². The molecule has 0 radical (unpaired) electrons. The zero-order valence-corrected chi connectivity index (χ0v) is 10.5. The summed E-state index contributed by atoms with van der Waals surface area (Å²) in [7, 11) is 1.44. The van der Waals surface area contributed by atoms with E-state index in [0.29, 0.717) is 6.42 Å². The van der Waals surface area contributed by atoms with Gasteiger partial charge in [-0.25, -0.2) is 4.79 Å². The molecule has 0 saturated heterocycles. The van der Waals surface area contributed by atoms with Gasteiger partial charge in [-0.1, -0.05) is 42.5 Å². The monoisotopic (exact) mass is 244 g/mol. The predicted molar refractivity (Wildman–Crippen MR) is 70.2 cm³/mol. The van der Waals surface area contributed by atoms with E-state index in [2.05, 4.69) is 0 Å². The van der Waals surface area contributed by atoms with Crippen molar-refractivity contribution in [3.05, 3.63) is 53.6 Å². The molecule has 0 saturated carbocycles. The van der Waals surface area contributed by atoms with Gasteiger partial charge < -0.3 is 9.84 Å². The van der Waals surface area contributed by atoms with E-state index in [1.807, 2.05) is 42.5 Å². The SMILES string of the molecule is COC1(C(=O)O)CC(c2ccccc2)=CC=C1C. The summed E-state index contributed by atoms with van der Waals surface area (Å²) in [5.74, 6) is -0.944. The van der Waals surface area contributed by atoms with Crippen molar-refractivity contribution in [2.24, 2.45) is 0 Å². The number of allylic oxidation sites excluding steroid dienone is 2. The summed E-state index contributed by atoms with van der Waals surface area (Å²) < 4.78 is 5.30. The second kappa shape index (κ2) is 4.78. The predicted octanol–water partition coefficient (Wildman–Crippen LogP) is 2.89. The first kappa shape index (κ1) is 12.6. The van der Waals surface area contributed by atoms with Crippen molar-refractivity contribution in [1.82, 2.24) is 0 Å². The highest BCUT2D eigenvalue weighted by molar-refractivity contribution is 5.87. The van der Waals surface area contributed by atoms with Crippen LogP contribution in [0, 0.1) is 0 Å². The molecule has 0 spiro atoms. The molecule has 1 unspecified atom stereocenters. The number of carboxylic acid groups (broad SMARTS) is 1. The van der Waals surface area contributed by atoms with Crippen LogP contribution in [0.2, 0.25) is 0 Å². The molecule has 0 aliphatic heterocycles. The van der Waals surface area contributed by atoms with E-state index in [9.17, 15) is 9.90 Å². The molecule has 1 aromatic carbocycles. The molecule has 1 aliphatic carbocycles. The Balaban J connectivity index is 2.42. The standard InChI is InChI=1S/C15H16O3/c1-11-8-9-13(12-6-4-3-5-7-12)10-15(11,18-2)14(16)17/h3-9H,10H2,1-2H3,(H,16,17). The molecule has 18 heavy (non-hydrogen) atoms. The lowest BCUT2D eigenvalue weighted by Gasteiger charge is -2.32. The normalized spacial score (nSPS) is 23.2. The fourth-order valence-electron chi connectivity index (χ4n) is 2.24. The topological polar surface area (TPSA) is 46.5 Å². The zero-order chi connectivity index (χ0) is 13.2. The molecule has 94 valence electrons. The van der Waals surface area contributed by atoms with Gasteiger partial charge in [0.25, 0.3) is 0 Å². The third kappa shape index (κ3) is 1.97. The van der Waals surface area contributed by atoms with E-state index < -0.39 is 11.6 Å². The molecular weight excluding hydrogens is 228 g/mol. The number of hydrogen-bond donors (Lipinski definition) is 1. The number of carbonyl (C=O) groups is 1. The van der Waals surface area contributed by atoms with E-state index in [-0.39, 0.29) is 0 Å². The minimum atomic E-state index is -1.24.